The molecule has 2 atom stereocenters. The van der Waals surface area contributed by atoms with Gasteiger partial charge in [-0.2, -0.15) is 5.10 Å². The van der Waals surface area contributed by atoms with E-state index in [1.165, 1.54) is 6.33 Å². The van der Waals surface area contributed by atoms with E-state index in [0.29, 0.717) is 6.54 Å². The molecule has 3 rings (SSSR count). The van der Waals surface area contributed by atoms with E-state index in [9.17, 15) is 4.79 Å². The number of piperidine rings is 1. The van der Waals surface area contributed by atoms with Gasteiger partial charge < -0.3 is 9.64 Å². The number of hydrogen-bond donors (Lipinski definition) is 0. The Morgan fingerprint density at radius 3 is 2.86 bits per heavy atom. The minimum atomic E-state index is -0.546. The van der Waals surface area contributed by atoms with Gasteiger partial charge in [0.05, 0.1) is 6.04 Å². The quantitative estimate of drug-likeness (QED) is 0.864. The topological polar surface area (TPSA) is 60.2 Å². The molecule has 116 valence electrons. The van der Waals surface area contributed by atoms with E-state index in [1.54, 1.807) is 13.4 Å². The lowest BCUT2D eigenvalue weighted by molar-refractivity contribution is -0.144. The summed E-state index contributed by atoms with van der Waals surface area (Å²) in [7, 11) is 1.58. The molecule has 0 saturated carbocycles. The molecule has 1 amide bonds. The van der Waals surface area contributed by atoms with Crippen LogP contribution in [0.1, 0.15) is 30.6 Å². The minimum absolute atomic E-state index is 0.0125. The van der Waals surface area contributed by atoms with Crippen LogP contribution in [0.2, 0.25) is 0 Å². The van der Waals surface area contributed by atoms with E-state index in [-0.39, 0.29) is 11.9 Å². The number of nitrogens with zero attached hydrogens (tertiary/aromatic N) is 4. The molecule has 6 heteroatoms. The zero-order chi connectivity index (χ0) is 15.4. The fourth-order valence-corrected chi connectivity index (χ4v) is 2.95. The van der Waals surface area contributed by atoms with Gasteiger partial charge in [0.2, 0.25) is 0 Å². The van der Waals surface area contributed by atoms with Crippen molar-refractivity contribution in [3.8, 4) is 0 Å². The molecule has 1 saturated heterocycles. The molecule has 0 N–H and O–H groups in total. The highest BCUT2D eigenvalue weighted by atomic mass is 16.5. The molecule has 1 aromatic heterocycles. The molecule has 0 bridgehead atoms. The van der Waals surface area contributed by atoms with Gasteiger partial charge in [0, 0.05) is 20.2 Å². The molecule has 2 heterocycles. The van der Waals surface area contributed by atoms with Gasteiger partial charge in [-0.05, 0) is 18.4 Å². The van der Waals surface area contributed by atoms with Crippen molar-refractivity contribution in [1.82, 2.24) is 19.7 Å². The predicted octanol–water partition coefficient (Wildman–Crippen LogP) is 1.83. The number of ether oxygens (including phenoxy) is 1. The van der Waals surface area contributed by atoms with Crippen LogP contribution in [0.15, 0.2) is 43.0 Å². The van der Waals surface area contributed by atoms with E-state index in [0.717, 1.165) is 24.9 Å². The molecule has 1 fully saturated rings. The Balaban J connectivity index is 1.73. The first-order valence-electron chi connectivity index (χ1n) is 7.50. The normalized spacial score (nSPS) is 19.9. The minimum Gasteiger partial charge on any atom is -0.367 e. The smallest absolute Gasteiger partial charge is 0.256 e. The van der Waals surface area contributed by atoms with E-state index in [1.807, 2.05) is 39.9 Å². The van der Waals surface area contributed by atoms with Crippen molar-refractivity contribution in [2.45, 2.75) is 25.0 Å². The zero-order valence-corrected chi connectivity index (χ0v) is 12.6. The fraction of sp³-hybridized carbons (Fsp3) is 0.438. The highest BCUT2D eigenvalue weighted by Crippen LogP contribution is 2.25. The molecule has 1 aliphatic rings. The number of rotatable bonds is 4. The summed E-state index contributed by atoms with van der Waals surface area (Å²) in [6.07, 6.45) is 4.67. The second kappa shape index (κ2) is 6.70. The van der Waals surface area contributed by atoms with Gasteiger partial charge in [0.15, 0.2) is 6.10 Å². The average molecular weight is 300 g/mol. The van der Waals surface area contributed by atoms with Gasteiger partial charge in [0.25, 0.3) is 5.91 Å². The zero-order valence-electron chi connectivity index (χ0n) is 12.6. The lowest BCUT2D eigenvalue weighted by Crippen LogP contribution is -2.43. The number of amides is 1. The summed E-state index contributed by atoms with van der Waals surface area (Å²) >= 11 is 0. The lowest BCUT2D eigenvalue weighted by atomic mass is 10.0. The van der Waals surface area contributed by atoms with Crippen molar-refractivity contribution in [1.29, 1.82) is 0 Å². The number of methoxy groups -OCH3 is 1. The summed E-state index contributed by atoms with van der Waals surface area (Å²) in [4.78, 5) is 18.7. The molecule has 0 aliphatic carbocycles. The molecule has 0 spiro atoms. The number of hydrogen-bond acceptors (Lipinski definition) is 4. The summed E-state index contributed by atoms with van der Waals surface area (Å²) in [5.74, 6) is 0.0125. The van der Waals surface area contributed by atoms with Gasteiger partial charge in [-0.15, -0.1) is 0 Å². The number of benzene rings is 1. The Labute approximate surface area is 129 Å². The molecular formula is C16H20N4O2. The number of likely N-dealkylation sites (tertiary alicyclic amines) is 1. The van der Waals surface area contributed by atoms with Crippen molar-refractivity contribution in [3.05, 3.63) is 48.5 Å². The molecule has 0 radical (unpaired) electrons. The fourth-order valence-electron chi connectivity index (χ4n) is 2.95. The standard InChI is InChI=1S/C16H20N4O2/c1-22-15(13-6-3-2-4-7-13)16(21)19-9-5-8-14(10-19)20-12-17-11-18-20/h2-4,6-7,11-12,14-15H,5,8-10H2,1H3/t14-,15+/m0/s1. The third kappa shape index (κ3) is 3.01. The third-order valence-corrected chi connectivity index (χ3v) is 4.08. The number of carbonyl (C=O) groups excluding carboxylic acids is 1. The highest BCUT2D eigenvalue weighted by Gasteiger charge is 2.30. The molecule has 22 heavy (non-hydrogen) atoms. The summed E-state index contributed by atoms with van der Waals surface area (Å²) in [5, 5.41) is 4.19. The summed E-state index contributed by atoms with van der Waals surface area (Å²) in [5.41, 5.74) is 0.887. The lowest BCUT2D eigenvalue weighted by Gasteiger charge is -2.34. The van der Waals surface area contributed by atoms with Crippen LogP contribution in [0.3, 0.4) is 0 Å². The SMILES string of the molecule is CO[C@@H](C(=O)N1CCC[C@H](n2cncn2)C1)c1ccccc1. The van der Waals surface area contributed by atoms with Crippen LogP contribution in [0.4, 0.5) is 0 Å². The van der Waals surface area contributed by atoms with E-state index < -0.39 is 6.10 Å². The van der Waals surface area contributed by atoms with Gasteiger partial charge >= 0.3 is 0 Å². The van der Waals surface area contributed by atoms with Crippen LogP contribution < -0.4 is 0 Å². The average Bonchev–Trinajstić information content (AvgIpc) is 3.11. The Morgan fingerprint density at radius 2 is 2.18 bits per heavy atom. The van der Waals surface area contributed by atoms with Crippen LogP contribution in [-0.4, -0.2) is 45.8 Å². The second-order valence-corrected chi connectivity index (χ2v) is 5.48. The summed E-state index contributed by atoms with van der Waals surface area (Å²) in [6, 6.07) is 9.80. The van der Waals surface area contributed by atoms with Crippen molar-refractivity contribution in [2.75, 3.05) is 20.2 Å². The first kappa shape index (κ1) is 14.7. The maximum atomic E-state index is 12.8. The maximum absolute atomic E-state index is 12.8. The Kier molecular flexibility index (Phi) is 4.48. The van der Waals surface area contributed by atoms with Crippen LogP contribution in [0.25, 0.3) is 0 Å². The van der Waals surface area contributed by atoms with Crippen LogP contribution in [0, 0.1) is 0 Å². The number of carbonyl (C=O) groups is 1. The molecule has 1 aromatic carbocycles. The Hall–Kier alpha value is -2.21. The summed E-state index contributed by atoms with van der Waals surface area (Å²) in [6.45, 7) is 1.41. The predicted molar refractivity (Wildman–Crippen MR) is 81.1 cm³/mol. The van der Waals surface area contributed by atoms with E-state index in [4.69, 9.17) is 4.74 Å². The van der Waals surface area contributed by atoms with Gasteiger partial charge in [-0.25, -0.2) is 9.67 Å². The molecule has 6 nitrogen and oxygen atoms in total. The molecule has 2 aromatic rings. The van der Waals surface area contributed by atoms with Crippen molar-refractivity contribution in [3.63, 3.8) is 0 Å². The van der Waals surface area contributed by atoms with Crippen molar-refractivity contribution < 1.29 is 9.53 Å². The molecule has 0 unspecified atom stereocenters. The van der Waals surface area contributed by atoms with Gasteiger partial charge in [-0.1, -0.05) is 30.3 Å². The van der Waals surface area contributed by atoms with Gasteiger partial charge in [-0.3, -0.25) is 4.79 Å². The third-order valence-electron chi connectivity index (χ3n) is 4.08. The molecular weight excluding hydrogens is 280 g/mol. The van der Waals surface area contributed by atoms with Crippen molar-refractivity contribution in [2.24, 2.45) is 0 Å². The van der Waals surface area contributed by atoms with E-state index >= 15 is 0 Å². The van der Waals surface area contributed by atoms with Crippen LogP contribution >= 0.6 is 0 Å². The van der Waals surface area contributed by atoms with E-state index in [2.05, 4.69) is 10.1 Å². The largest absolute Gasteiger partial charge is 0.367 e. The summed E-state index contributed by atoms with van der Waals surface area (Å²) < 4.78 is 7.29. The van der Waals surface area contributed by atoms with Crippen LogP contribution in [-0.2, 0) is 9.53 Å². The van der Waals surface area contributed by atoms with Gasteiger partial charge in [0.1, 0.15) is 12.7 Å². The Bertz CT molecular complexity index is 600. The first-order chi connectivity index (χ1) is 10.8. The maximum Gasteiger partial charge on any atom is 0.256 e. The molecule has 1 aliphatic heterocycles. The van der Waals surface area contributed by atoms with Crippen molar-refractivity contribution >= 4 is 5.91 Å². The van der Waals surface area contributed by atoms with Crippen LogP contribution in [0.5, 0.6) is 0 Å². The monoisotopic (exact) mass is 300 g/mol. The highest BCUT2D eigenvalue weighted by molar-refractivity contribution is 5.82. The second-order valence-electron chi connectivity index (χ2n) is 5.48. The number of aromatic nitrogens is 3. The Morgan fingerprint density at radius 1 is 1.36 bits per heavy atom. The first-order valence-corrected chi connectivity index (χ1v) is 7.50.